The fourth-order valence-corrected chi connectivity index (χ4v) is 2.29. The lowest BCUT2D eigenvalue weighted by atomic mass is 10.1. The molecule has 0 atom stereocenters. The number of Topliss-reactive ketones (excluding diaryl/α,β-unsaturated/α-hetero) is 1. The van der Waals surface area contributed by atoms with Crippen molar-refractivity contribution in [2.75, 3.05) is 19.0 Å². The van der Waals surface area contributed by atoms with Crippen LogP contribution in [0.25, 0.3) is 0 Å². The molecule has 0 heterocycles. The molecule has 0 aromatic heterocycles. The molecule has 0 aliphatic carbocycles. The number of esters is 1. The van der Waals surface area contributed by atoms with Gasteiger partial charge in [-0.1, -0.05) is 11.6 Å². The minimum atomic E-state index is -0.814. The summed E-state index contributed by atoms with van der Waals surface area (Å²) in [6, 6.07) is 8.61. The lowest BCUT2D eigenvalue weighted by Gasteiger charge is -2.10. The zero-order valence-corrected chi connectivity index (χ0v) is 14.6. The number of methoxy groups -OCH3 is 1. The monoisotopic (exact) mass is 359 g/mol. The second-order valence-electron chi connectivity index (χ2n) is 5.58. The van der Waals surface area contributed by atoms with E-state index in [0.29, 0.717) is 5.75 Å². The lowest BCUT2D eigenvalue weighted by molar-refractivity contribution is -0.114. The number of ketones is 1. The van der Waals surface area contributed by atoms with Crippen molar-refractivity contribution in [1.82, 2.24) is 0 Å². The van der Waals surface area contributed by atoms with Gasteiger partial charge in [0.2, 0.25) is 11.7 Å². The minimum Gasteiger partial charge on any atom is -0.496 e. The van der Waals surface area contributed by atoms with Crippen LogP contribution in [0, 0.1) is 12.7 Å². The standard InChI is InChI=1S/C19H18FNO5/c1-11-4-7-18(25-3)15(8-11)19(24)26-10-17(23)14-6-5-13(9-16(14)20)21-12(2)22/h4-9H,10H2,1-3H3,(H,21,22). The van der Waals surface area contributed by atoms with E-state index in [9.17, 15) is 18.8 Å². The molecule has 0 fully saturated rings. The van der Waals surface area contributed by atoms with Gasteiger partial charge in [-0.3, -0.25) is 9.59 Å². The molecule has 2 aromatic rings. The topological polar surface area (TPSA) is 81.7 Å². The third-order valence-corrected chi connectivity index (χ3v) is 3.50. The summed E-state index contributed by atoms with van der Waals surface area (Å²) in [6.45, 7) is 2.47. The van der Waals surface area contributed by atoms with Crippen molar-refractivity contribution in [1.29, 1.82) is 0 Å². The number of hydrogen-bond acceptors (Lipinski definition) is 5. The summed E-state index contributed by atoms with van der Waals surface area (Å²) in [5, 5.41) is 2.41. The molecule has 7 heteroatoms. The highest BCUT2D eigenvalue weighted by atomic mass is 19.1. The van der Waals surface area contributed by atoms with Crippen LogP contribution < -0.4 is 10.1 Å². The smallest absolute Gasteiger partial charge is 0.342 e. The third-order valence-electron chi connectivity index (χ3n) is 3.50. The molecule has 6 nitrogen and oxygen atoms in total. The maximum Gasteiger partial charge on any atom is 0.342 e. The predicted molar refractivity (Wildman–Crippen MR) is 93.0 cm³/mol. The number of anilines is 1. The van der Waals surface area contributed by atoms with Crippen LogP contribution in [0.5, 0.6) is 5.75 Å². The molecule has 0 saturated carbocycles. The van der Waals surface area contributed by atoms with Crippen LogP contribution in [-0.4, -0.2) is 31.4 Å². The van der Waals surface area contributed by atoms with Gasteiger partial charge in [-0.05, 0) is 37.3 Å². The van der Waals surface area contributed by atoms with E-state index in [4.69, 9.17) is 9.47 Å². The highest BCUT2D eigenvalue weighted by molar-refractivity contribution is 6.00. The molecule has 136 valence electrons. The number of amides is 1. The SMILES string of the molecule is COc1ccc(C)cc1C(=O)OCC(=O)c1ccc(NC(C)=O)cc1F. The number of aryl methyl sites for hydroxylation is 1. The highest BCUT2D eigenvalue weighted by Gasteiger charge is 2.18. The second-order valence-corrected chi connectivity index (χ2v) is 5.58. The quantitative estimate of drug-likeness (QED) is 0.633. The highest BCUT2D eigenvalue weighted by Crippen LogP contribution is 2.21. The first-order valence-electron chi connectivity index (χ1n) is 7.74. The Morgan fingerprint density at radius 1 is 1.08 bits per heavy atom. The average Bonchev–Trinajstić information content (AvgIpc) is 2.59. The fourth-order valence-electron chi connectivity index (χ4n) is 2.29. The first kappa shape index (κ1) is 19.1. The van der Waals surface area contributed by atoms with E-state index in [-0.39, 0.29) is 22.7 Å². The van der Waals surface area contributed by atoms with E-state index in [1.807, 2.05) is 0 Å². The van der Waals surface area contributed by atoms with E-state index >= 15 is 0 Å². The van der Waals surface area contributed by atoms with Crippen LogP contribution in [0.2, 0.25) is 0 Å². The van der Waals surface area contributed by atoms with Crippen molar-refractivity contribution in [3.8, 4) is 5.75 Å². The molecule has 0 unspecified atom stereocenters. The Bertz CT molecular complexity index is 863. The summed E-state index contributed by atoms with van der Waals surface area (Å²) in [4.78, 5) is 35.3. The Hall–Kier alpha value is -3.22. The number of halogens is 1. The van der Waals surface area contributed by atoms with Crippen molar-refractivity contribution >= 4 is 23.3 Å². The van der Waals surface area contributed by atoms with Crippen molar-refractivity contribution in [2.45, 2.75) is 13.8 Å². The number of ether oxygens (including phenoxy) is 2. The van der Waals surface area contributed by atoms with Gasteiger partial charge < -0.3 is 14.8 Å². The Labute approximate surface area is 149 Å². The van der Waals surface area contributed by atoms with Crippen LogP contribution in [0.3, 0.4) is 0 Å². The summed E-state index contributed by atoms with van der Waals surface area (Å²) in [5.74, 6) is -2.29. The maximum atomic E-state index is 14.0. The number of carbonyl (C=O) groups is 3. The molecular weight excluding hydrogens is 341 g/mol. The van der Waals surface area contributed by atoms with Crippen LogP contribution >= 0.6 is 0 Å². The predicted octanol–water partition coefficient (Wildman–Crippen LogP) is 3.14. The Morgan fingerprint density at radius 3 is 2.42 bits per heavy atom. The van der Waals surface area contributed by atoms with Crippen LogP contribution in [-0.2, 0) is 9.53 Å². The lowest BCUT2D eigenvalue weighted by Crippen LogP contribution is -2.16. The van der Waals surface area contributed by atoms with E-state index in [1.54, 1.807) is 25.1 Å². The Balaban J connectivity index is 2.08. The van der Waals surface area contributed by atoms with Gasteiger partial charge in [0.05, 0.1) is 12.7 Å². The van der Waals surface area contributed by atoms with Gasteiger partial charge in [0.15, 0.2) is 6.61 Å². The van der Waals surface area contributed by atoms with Gasteiger partial charge in [-0.2, -0.15) is 0 Å². The van der Waals surface area contributed by atoms with Crippen LogP contribution in [0.1, 0.15) is 33.2 Å². The largest absolute Gasteiger partial charge is 0.496 e. The van der Waals surface area contributed by atoms with Crippen LogP contribution in [0.4, 0.5) is 10.1 Å². The summed E-state index contributed by atoms with van der Waals surface area (Å²) in [5.41, 5.74) is 1.00. The average molecular weight is 359 g/mol. The van der Waals surface area contributed by atoms with Crippen molar-refractivity contribution in [2.24, 2.45) is 0 Å². The molecule has 1 amide bonds. The first-order chi connectivity index (χ1) is 12.3. The molecule has 26 heavy (non-hydrogen) atoms. The van der Waals surface area contributed by atoms with E-state index < -0.39 is 24.2 Å². The van der Waals surface area contributed by atoms with Gasteiger partial charge in [0, 0.05) is 12.6 Å². The molecule has 2 aromatic carbocycles. The van der Waals surface area contributed by atoms with Gasteiger partial charge in [0.1, 0.15) is 17.1 Å². The Morgan fingerprint density at radius 2 is 1.81 bits per heavy atom. The molecular formula is C19H18FNO5. The molecule has 0 saturated heterocycles. The van der Waals surface area contributed by atoms with E-state index in [0.717, 1.165) is 11.6 Å². The van der Waals surface area contributed by atoms with Gasteiger partial charge >= 0.3 is 5.97 Å². The van der Waals surface area contributed by atoms with E-state index in [2.05, 4.69) is 5.32 Å². The molecule has 0 spiro atoms. The maximum absolute atomic E-state index is 14.0. The summed E-state index contributed by atoms with van der Waals surface area (Å²) < 4.78 is 24.1. The number of rotatable bonds is 6. The molecule has 0 bridgehead atoms. The molecule has 0 radical (unpaired) electrons. The van der Waals surface area contributed by atoms with Crippen molar-refractivity contribution < 1.29 is 28.2 Å². The number of nitrogens with one attached hydrogen (secondary N) is 1. The molecule has 1 N–H and O–H groups in total. The number of benzene rings is 2. The molecule has 0 aliphatic rings. The number of carbonyl (C=O) groups excluding carboxylic acids is 3. The zero-order valence-electron chi connectivity index (χ0n) is 14.6. The van der Waals surface area contributed by atoms with Crippen LogP contribution in [0.15, 0.2) is 36.4 Å². The minimum absolute atomic E-state index is 0.182. The molecule has 0 aliphatic heterocycles. The van der Waals surface area contributed by atoms with Gasteiger partial charge in [-0.25, -0.2) is 9.18 Å². The van der Waals surface area contributed by atoms with Crippen molar-refractivity contribution in [3.63, 3.8) is 0 Å². The van der Waals surface area contributed by atoms with Crippen molar-refractivity contribution in [3.05, 3.63) is 58.9 Å². The normalized spacial score (nSPS) is 10.2. The summed E-state index contributed by atoms with van der Waals surface area (Å²) in [6.07, 6.45) is 0. The van der Waals surface area contributed by atoms with Gasteiger partial charge in [0.25, 0.3) is 0 Å². The fraction of sp³-hybridized carbons (Fsp3) is 0.211. The first-order valence-corrected chi connectivity index (χ1v) is 7.74. The van der Waals surface area contributed by atoms with Gasteiger partial charge in [-0.15, -0.1) is 0 Å². The number of hydrogen-bond donors (Lipinski definition) is 1. The molecule has 2 rings (SSSR count). The summed E-state index contributed by atoms with van der Waals surface area (Å²) in [7, 11) is 1.42. The van der Waals surface area contributed by atoms with E-state index in [1.165, 1.54) is 26.2 Å². The Kier molecular flexibility index (Phi) is 6.06. The third kappa shape index (κ3) is 4.66. The second kappa shape index (κ2) is 8.24. The zero-order chi connectivity index (χ0) is 19.3. The summed E-state index contributed by atoms with van der Waals surface area (Å²) >= 11 is 0.